The molecule has 2 N–H and O–H groups in total. The molecule has 0 fully saturated rings. The van der Waals surface area contributed by atoms with Crippen LogP contribution in [-0.4, -0.2) is 47.1 Å². The van der Waals surface area contributed by atoms with Crippen molar-refractivity contribution >= 4 is 23.2 Å². The molecule has 7 nitrogen and oxygen atoms in total. The van der Waals surface area contributed by atoms with E-state index in [0.29, 0.717) is 11.4 Å². The van der Waals surface area contributed by atoms with Gasteiger partial charge >= 0.3 is 0 Å². The molecule has 134 valence electrons. The molecule has 0 bridgehead atoms. The van der Waals surface area contributed by atoms with Crippen molar-refractivity contribution in [1.82, 2.24) is 14.7 Å². The fraction of sp³-hybridized carbons (Fsp3) is 0.389. The van der Waals surface area contributed by atoms with Crippen molar-refractivity contribution in [1.29, 1.82) is 0 Å². The smallest absolute Gasteiger partial charge is 0.249 e. The number of nitrogens with zero attached hydrogens (tertiary/aromatic N) is 3. The van der Waals surface area contributed by atoms with E-state index in [2.05, 4.69) is 15.7 Å². The summed E-state index contributed by atoms with van der Waals surface area (Å²) in [4.78, 5) is 26.4. The second-order valence-corrected chi connectivity index (χ2v) is 6.50. The Labute approximate surface area is 148 Å². The fourth-order valence-electron chi connectivity index (χ4n) is 2.35. The van der Waals surface area contributed by atoms with Gasteiger partial charge in [-0.1, -0.05) is 6.07 Å². The normalized spacial score (nSPS) is 12.1. The van der Waals surface area contributed by atoms with Crippen LogP contribution >= 0.6 is 0 Å². The van der Waals surface area contributed by atoms with Crippen molar-refractivity contribution in [2.75, 3.05) is 31.3 Å². The summed E-state index contributed by atoms with van der Waals surface area (Å²) in [6.07, 6.45) is 3.53. The van der Waals surface area contributed by atoms with Crippen molar-refractivity contribution in [2.24, 2.45) is 0 Å². The number of amides is 2. The molecule has 0 aliphatic heterocycles. The van der Waals surface area contributed by atoms with Gasteiger partial charge in [-0.2, -0.15) is 5.10 Å². The lowest BCUT2D eigenvalue weighted by atomic mass is 10.1. The van der Waals surface area contributed by atoms with E-state index in [9.17, 15) is 9.59 Å². The molecule has 1 aromatic carbocycles. The number of carbonyl (C=O) groups excluding carboxylic acids is 2. The average Bonchev–Trinajstić information content (AvgIpc) is 2.95. The molecule has 0 saturated heterocycles. The van der Waals surface area contributed by atoms with E-state index in [1.165, 1.54) is 0 Å². The summed E-state index contributed by atoms with van der Waals surface area (Å²) in [6, 6.07) is 5.06. The lowest BCUT2D eigenvalue weighted by molar-refractivity contribution is -0.119. The van der Waals surface area contributed by atoms with Crippen LogP contribution in [0.15, 0.2) is 30.6 Å². The molecule has 2 rings (SSSR count). The highest BCUT2D eigenvalue weighted by Crippen LogP contribution is 2.24. The molecule has 0 aliphatic rings. The maximum Gasteiger partial charge on any atom is 0.249 e. The molecule has 0 spiro atoms. The van der Waals surface area contributed by atoms with Gasteiger partial charge in [0.15, 0.2) is 0 Å². The number of hydrogen-bond acceptors (Lipinski definition) is 4. The molecular formula is C18H25N5O2. The number of aryl methyl sites for hydroxylation is 2. The lowest BCUT2D eigenvalue weighted by Crippen LogP contribution is -2.28. The first-order valence-electron chi connectivity index (χ1n) is 8.13. The van der Waals surface area contributed by atoms with Gasteiger partial charge in [0.25, 0.3) is 0 Å². The van der Waals surface area contributed by atoms with E-state index in [0.717, 1.165) is 11.1 Å². The third-order valence-electron chi connectivity index (χ3n) is 3.67. The number of carbonyl (C=O) groups is 2. The number of nitrogens with one attached hydrogen (secondary N) is 2. The van der Waals surface area contributed by atoms with Crippen LogP contribution in [0.5, 0.6) is 0 Å². The predicted octanol–water partition coefficient (Wildman–Crippen LogP) is 2.20. The average molecular weight is 343 g/mol. The summed E-state index contributed by atoms with van der Waals surface area (Å²) < 4.78 is 1.62. The number of rotatable bonds is 6. The minimum absolute atomic E-state index is 0.139. The van der Waals surface area contributed by atoms with Gasteiger partial charge in [0.05, 0.1) is 24.1 Å². The minimum Gasteiger partial charge on any atom is -0.323 e. The van der Waals surface area contributed by atoms with Gasteiger partial charge in [0.2, 0.25) is 11.8 Å². The Balaban J connectivity index is 2.16. The van der Waals surface area contributed by atoms with Crippen LogP contribution < -0.4 is 10.6 Å². The quantitative estimate of drug-likeness (QED) is 0.843. The predicted molar refractivity (Wildman–Crippen MR) is 98.7 cm³/mol. The van der Waals surface area contributed by atoms with Crippen LogP contribution in [-0.2, 0) is 9.59 Å². The minimum atomic E-state index is -0.459. The van der Waals surface area contributed by atoms with Gasteiger partial charge in [0.1, 0.15) is 6.04 Å². The van der Waals surface area contributed by atoms with Gasteiger partial charge in [0, 0.05) is 6.20 Å². The third kappa shape index (κ3) is 5.15. The van der Waals surface area contributed by atoms with Crippen LogP contribution in [0.25, 0.3) is 0 Å². The van der Waals surface area contributed by atoms with Gasteiger partial charge in [-0.3, -0.25) is 14.3 Å². The van der Waals surface area contributed by atoms with Gasteiger partial charge in [-0.15, -0.1) is 0 Å². The van der Waals surface area contributed by atoms with Crippen molar-refractivity contribution in [3.8, 4) is 0 Å². The Hall–Kier alpha value is -2.67. The number of aromatic nitrogens is 2. The zero-order valence-electron chi connectivity index (χ0n) is 15.3. The topological polar surface area (TPSA) is 79.3 Å². The van der Waals surface area contributed by atoms with Crippen LogP contribution in [0.3, 0.4) is 0 Å². The zero-order valence-corrected chi connectivity index (χ0v) is 15.3. The number of hydrogen-bond donors (Lipinski definition) is 2. The molecule has 25 heavy (non-hydrogen) atoms. The highest BCUT2D eigenvalue weighted by atomic mass is 16.2. The van der Waals surface area contributed by atoms with E-state index in [1.807, 2.05) is 46.3 Å². The monoisotopic (exact) mass is 343 g/mol. The maximum atomic E-state index is 12.6. The Morgan fingerprint density at radius 1 is 1.16 bits per heavy atom. The molecule has 1 atom stereocenters. The van der Waals surface area contributed by atoms with E-state index in [1.54, 1.807) is 28.8 Å². The van der Waals surface area contributed by atoms with Gasteiger partial charge < -0.3 is 15.5 Å². The van der Waals surface area contributed by atoms with Crippen molar-refractivity contribution in [2.45, 2.75) is 26.8 Å². The number of likely N-dealkylation sites (N-methyl/N-ethyl adjacent to an activating group) is 1. The third-order valence-corrected chi connectivity index (χ3v) is 3.67. The Kier molecular flexibility index (Phi) is 5.93. The van der Waals surface area contributed by atoms with Crippen LogP contribution in [0.1, 0.15) is 24.1 Å². The second kappa shape index (κ2) is 7.94. The standard InChI is InChI=1S/C18H25N5O2/c1-12-6-7-15(20-17(24)11-22(4)5)16(8-12)21-18(25)14(3)23-10-13(2)9-19-23/h6-10,14H,11H2,1-5H3,(H,20,24)(H,21,25). The Morgan fingerprint density at radius 3 is 2.48 bits per heavy atom. The first-order chi connectivity index (χ1) is 11.8. The summed E-state index contributed by atoms with van der Waals surface area (Å²) in [5.74, 6) is -0.336. The number of benzene rings is 1. The first kappa shape index (κ1) is 18.7. The molecule has 2 amide bonds. The lowest BCUT2D eigenvalue weighted by Gasteiger charge is -2.17. The molecule has 0 radical (unpaired) electrons. The molecule has 7 heteroatoms. The Morgan fingerprint density at radius 2 is 1.88 bits per heavy atom. The summed E-state index contributed by atoms with van der Waals surface area (Å²) in [7, 11) is 3.65. The molecular weight excluding hydrogens is 318 g/mol. The molecule has 0 saturated carbocycles. The molecule has 1 heterocycles. The fourth-order valence-corrected chi connectivity index (χ4v) is 2.35. The second-order valence-electron chi connectivity index (χ2n) is 6.50. The summed E-state index contributed by atoms with van der Waals surface area (Å²) in [5.41, 5.74) is 3.14. The van der Waals surface area contributed by atoms with Crippen LogP contribution in [0.2, 0.25) is 0 Å². The Bertz CT molecular complexity index is 767. The van der Waals surface area contributed by atoms with Crippen molar-refractivity contribution in [3.63, 3.8) is 0 Å². The molecule has 1 aromatic heterocycles. The number of anilines is 2. The van der Waals surface area contributed by atoms with E-state index >= 15 is 0 Å². The highest BCUT2D eigenvalue weighted by molar-refractivity contribution is 6.01. The maximum absolute atomic E-state index is 12.6. The van der Waals surface area contributed by atoms with Crippen molar-refractivity contribution in [3.05, 3.63) is 41.7 Å². The largest absolute Gasteiger partial charge is 0.323 e. The first-order valence-corrected chi connectivity index (χ1v) is 8.13. The zero-order chi connectivity index (χ0) is 18.6. The van der Waals surface area contributed by atoms with E-state index in [4.69, 9.17) is 0 Å². The summed E-state index contributed by atoms with van der Waals surface area (Å²) in [5, 5.41) is 9.91. The van der Waals surface area contributed by atoms with E-state index in [-0.39, 0.29) is 18.4 Å². The summed E-state index contributed by atoms with van der Waals surface area (Å²) >= 11 is 0. The van der Waals surface area contributed by atoms with Gasteiger partial charge in [-0.25, -0.2) is 0 Å². The van der Waals surface area contributed by atoms with Crippen LogP contribution in [0, 0.1) is 13.8 Å². The SMILES string of the molecule is Cc1ccc(NC(=O)CN(C)C)c(NC(=O)C(C)n2cc(C)cn2)c1. The van der Waals surface area contributed by atoms with Gasteiger partial charge in [-0.05, 0) is 58.1 Å². The van der Waals surface area contributed by atoms with E-state index < -0.39 is 6.04 Å². The highest BCUT2D eigenvalue weighted by Gasteiger charge is 2.18. The summed E-state index contributed by atoms with van der Waals surface area (Å²) in [6.45, 7) is 5.90. The van der Waals surface area contributed by atoms with Crippen molar-refractivity contribution < 1.29 is 9.59 Å². The molecule has 1 unspecified atom stereocenters. The van der Waals surface area contributed by atoms with Crippen LogP contribution in [0.4, 0.5) is 11.4 Å². The molecule has 2 aromatic rings. The molecule has 0 aliphatic carbocycles.